The van der Waals surface area contributed by atoms with Crippen molar-refractivity contribution >= 4 is 23.4 Å². The van der Waals surface area contributed by atoms with Crippen molar-refractivity contribution in [1.29, 1.82) is 5.26 Å². The molecule has 9 nitrogen and oxygen atoms in total. The quantitative estimate of drug-likeness (QED) is 0.101. The fourth-order valence-electron chi connectivity index (χ4n) is 3.36. The number of non-ortho nitro benzene ring substituents is 1. The molecule has 0 aliphatic carbocycles. The Kier molecular flexibility index (Phi) is 8.40. The van der Waals surface area contributed by atoms with E-state index in [1.54, 1.807) is 30.3 Å². The van der Waals surface area contributed by atoms with E-state index >= 15 is 0 Å². The number of phenolic OH excluding ortho intramolecular Hbond substituents is 1. The van der Waals surface area contributed by atoms with E-state index in [9.17, 15) is 25.3 Å². The summed E-state index contributed by atoms with van der Waals surface area (Å²) >= 11 is 0. The number of rotatable bonds is 10. The summed E-state index contributed by atoms with van der Waals surface area (Å²) in [6.45, 7) is 3.83. The minimum Gasteiger partial charge on any atom is -0.508 e. The Labute approximate surface area is 207 Å². The second-order valence-corrected chi connectivity index (χ2v) is 7.59. The van der Waals surface area contributed by atoms with E-state index in [0.717, 1.165) is 0 Å². The number of hydrogen-bond donors (Lipinski definition) is 2. The number of carbonyl (C=O) groups is 1. The van der Waals surface area contributed by atoms with Crippen molar-refractivity contribution in [2.75, 3.05) is 12.4 Å². The van der Waals surface area contributed by atoms with Gasteiger partial charge in [0, 0.05) is 23.4 Å². The minimum atomic E-state index is -0.613. The number of aromatic hydroxyl groups is 1. The van der Waals surface area contributed by atoms with Gasteiger partial charge in [0.1, 0.15) is 24.0 Å². The SMILES string of the molecule is C=CCc1cc(C=C(C#N)C(=O)Nc2ccc(O)cc2)cc(OC)c1OCc1cccc([N+](=O)[O-])c1. The molecule has 2 N–H and O–H groups in total. The number of nitro groups is 1. The molecule has 9 heteroatoms. The van der Waals surface area contributed by atoms with Gasteiger partial charge in [0.15, 0.2) is 11.5 Å². The highest BCUT2D eigenvalue weighted by atomic mass is 16.6. The predicted octanol–water partition coefficient (Wildman–Crippen LogP) is 5.16. The lowest BCUT2D eigenvalue weighted by atomic mass is 10.0. The van der Waals surface area contributed by atoms with Gasteiger partial charge in [0.05, 0.1) is 12.0 Å². The number of anilines is 1. The van der Waals surface area contributed by atoms with Crippen LogP contribution < -0.4 is 14.8 Å². The van der Waals surface area contributed by atoms with Crippen molar-refractivity contribution in [2.45, 2.75) is 13.0 Å². The molecule has 182 valence electrons. The lowest BCUT2D eigenvalue weighted by molar-refractivity contribution is -0.384. The number of carbonyl (C=O) groups excluding carboxylic acids is 1. The van der Waals surface area contributed by atoms with Gasteiger partial charge in [-0.15, -0.1) is 6.58 Å². The van der Waals surface area contributed by atoms with Crippen LogP contribution in [0.1, 0.15) is 16.7 Å². The van der Waals surface area contributed by atoms with Gasteiger partial charge in [-0.1, -0.05) is 18.2 Å². The monoisotopic (exact) mass is 485 g/mol. The zero-order chi connectivity index (χ0) is 26.1. The molecule has 0 bridgehead atoms. The summed E-state index contributed by atoms with van der Waals surface area (Å²) in [6, 6.07) is 17.3. The fraction of sp³-hybridized carbons (Fsp3) is 0.111. The average molecular weight is 485 g/mol. The third-order valence-electron chi connectivity index (χ3n) is 5.04. The molecule has 0 spiro atoms. The third-order valence-corrected chi connectivity index (χ3v) is 5.04. The second kappa shape index (κ2) is 11.9. The molecular weight excluding hydrogens is 462 g/mol. The number of nitrogens with zero attached hydrogens (tertiary/aromatic N) is 2. The van der Waals surface area contributed by atoms with Crippen LogP contribution in [0.4, 0.5) is 11.4 Å². The van der Waals surface area contributed by atoms with Crippen molar-refractivity contribution in [3.8, 4) is 23.3 Å². The van der Waals surface area contributed by atoms with Crippen LogP contribution in [0.2, 0.25) is 0 Å². The summed E-state index contributed by atoms with van der Waals surface area (Å²) in [4.78, 5) is 23.2. The van der Waals surface area contributed by atoms with Gasteiger partial charge < -0.3 is 19.9 Å². The molecule has 3 rings (SSSR count). The molecule has 36 heavy (non-hydrogen) atoms. The smallest absolute Gasteiger partial charge is 0.269 e. The van der Waals surface area contributed by atoms with Crippen molar-refractivity contribution in [3.05, 3.63) is 106 Å². The number of benzene rings is 3. The van der Waals surface area contributed by atoms with E-state index in [-0.39, 0.29) is 23.6 Å². The van der Waals surface area contributed by atoms with Gasteiger partial charge in [0.2, 0.25) is 0 Å². The third kappa shape index (κ3) is 6.48. The van der Waals surface area contributed by atoms with E-state index in [1.807, 2.05) is 6.07 Å². The maximum Gasteiger partial charge on any atom is 0.269 e. The zero-order valence-electron chi connectivity index (χ0n) is 19.4. The zero-order valence-corrected chi connectivity index (χ0v) is 19.4. The number of allylic oxidation sites excluding steroid dienone is 1. The number of nitrogens with one attached hydrogen (secondary N) is 1. The normalized spacial score (nSPS) is 10.7. The Morgan fingerprint density at radius 2 is 1.97 bits per heavy atom. The average Bonchev–Trinajstić information content (AvgIpc) is 2.87. The summed E-state index contributed by atoms with van der Waals surface area (Å²) in [5, 5.41) is 32.6. The first-order chi connectivity index (χ1) is 17.3. The van der Waals surface area contributed by atoms with E-state index in [4.69, 9.17) is 9.47 Å². The van der Waals surface area contributed by atoms with Crippen LogP contribution in [-0.2, 0) is 17.8 Å². The topological polar surface area (TPSA) is 135 Å². The molecule has 3 aromatic carbocycles. The van der Waals surface area contributed by atoms with E-state index in [0.29, 0.717) is 40.3 Å². The van der Waals surface area contributed by atoms with Crippen LogP contribution in [0.3, 0.4) is 0 Å². The summed E-state index contributed by atoms with van der Waals surface area (Å²) in [5.74, 6) is 0.229. The first-order valence-electron chi connectivity index (χ1n) is 10.7. The minimum absolute atomic E-state index is 0.0375. The number of amides is 1. The van der Waals surface area contributed by atoms with Crippen molar-refractivity contribution in [1.82, 2.24) is 0 Å². The predicted molar refractivity (Wildman–Crippen MR) is 135 cm³/mol. The Balaban J connectivity index is 1.89. The van der Waals surface area contributed by atoms with E-state index < -0.39 is 10.8 Å². The molecule has 0 fully saturated rings. The lowest BCUT2D eigenvalue weighted by Gasteiger charge is -2.16. The molecule has 0 aliphatic rings. The van der Waals surface area contributed by atoms with Crippen molar-refractivity contribution in [2.24, 2.45) is 0 Å². The maximum absolute atomic E-state index is 12.6. The first-order valence-corrected chi connectivity index (χ1v) is 10.7. The number of nitriles is 1. The Bertz CT molecular complexity index is 1360. The van der Waals surface area contributed by atoms with Gasteiger partial charge in [-0.2, -0.15) is 5.26 Å². The van der Waals surface area contributed by atoms with Crippen LogP contribution in [-0.4, -0.2) is 23.0 Å². The van der Waals surface area contributed by atoms with Crippen molar-refractivity contribution in [3.63, 3.8) is 0 Å². The van der Waals surface area contributed by atoms with E-state index in [1.165, 1.54) is 49.6 Å². The standard InChI is InChI=1S/C27H23N3O6/c1-3-5-20-12-19(13-21(16-28)27(32)29-22-8-10-24(31)11-9-22)15-25(35-2)26(20)36-17-18-6-4-7-23(14-18)30(33)34/h3-4,6-15,31H,1,5,17H2,2H3,(H,29,32). The molecule has 0 unspecified atom stereocenters. The second-order valence-electron chi connectivity index (χ2n) is 7.59. The molecule has 0 aliphatic heterocycles. The van der Waals surface area contributed by atoms with Crippen LogP contribution in [0, 0.1) is 21.4 Å². The molecule has 0 saturated carbocycles. The highest BCUT2D eigenvalue weighted by Gasteiger charge is 2.16. The lowest BCUT2D eigenvalue weighted by Crippen LogP contribution is -2.13. The number of phenols is 1. The molecule has 3 aromatic rings. The van der Waals surface area contributed by atoms with Crippen LogP contribution in [0.25, 0.3) is 6.08 Å². The van der Waals surface area contributed by atoms with Gasteiger partial charge in [-0.25, -0.2) is 0 Å². The molecule has 0 atom stereocenters. The summed E-state index contributed by atoms with van der Waals surface area (Å²) < 4.78 is 11.5. The molecule has 0 heterocycles. The van der Waals surface area contributed by atoms with E-state index in [2.05, 4.69) is 11.9 Å². The number of ether oxygens (including phenoxy) is 2. The van der Waals surface area contributed by atoms with Crippen LogP contribution in [0.15, 0.2) is 78.9 Å². The largest absolute Gasteiger partial charge is 0.508 e. The van der Waals surface area contributed by atoms with Gasteiger partial charge in [0.25, 0.3) is 11.6 Å². The summed E-state index contributed by atoms with van der Waals surface area (Å²) in [5.41, 5.74) is 2.08. The van der Waals surface area contributed by atoms with Gasteiger partial charge in [-0.3, -0.25) is 14.9 Å². The van der Waals surface area contributed by atoms with Crippen molar-refractivity contribution < 1.29 is 24.3 Å². The number of hydrogen-bond acceptors (Lipinski definition) is 7. The maximum atomic E-state index is 12.6. The molecule has 0 radical (unpaired) electrons. The molecular formula is C27H23N3O6. The molecule has 1 amide bonds. The molecule has 0 aromatic heterocycles. The highest BCUT2D eigenvalue weighted by Crippen LogP contribution is 2.35. The highest BCUT2D eigenvalue weighted by molar-refractivity contribution is 6.09. The first kappa shape index (κ1) is 25.5. The Morgan fingerprint density at radius 3 is 2.61 bits per heavy atom. The molecule has 0 saturated heterocycles. The Morgan fingerprint density at radius 1 is 1.22 bits per heavy atom. The summed E-state index contributed by atoms with van der Waals surface area (Å²) in [7, 11) is 1.46. The van der Waals surface area contributed by atoms with Gasteiger partial charge >= 0.3 is 0 Å². The summed E-state index contributed by atoms with van der Waals surface area (Å²) in [6.07, 6.45) is 3.50. The van der Waals surface area contributed by atoms with Crippen LogP contribution in [0.5, 0.6) is 17.2 Å². The number of nitro benzene ring substituents is 1. The fourth-order valence-corrected chi connectivity index (χ4v) is 3.36. The van der Waals surface area contributed by atoms with Crippen LogP contribution >= 0.6 is 0 Å². The Hall–Kier alpha value is -5.10. The van der Waals surface area contributed by atoms with Gasteiger partial charge in [-0.05, 0) is 60.0 Å². The number of methoxy groups -OCH3 is 1.